The number of benzene rings is 2. The van der Waals surface area contributed by atoms with Crippen molar-refractivity contribution >= 4 is 38.7 Å². The van der Waals surface area contributed by atoms with Crippen molar-refractivity contribution in [1.29, 1.82) is 0 Å². The Morgan fingerprint density at radius 3 is 2.94 bits per heavy atom. The minimum Gasteiger partial charge on any atom is -0.173 e. The lowest BCUT2D eigenvalue weighted by atomic mass is 10.0. The smallest absolute Gasteiger partial charge is 0.112 e. The number of aromatic nitrogens is 2. The van der Waals surface area contributed by atoms with Crippen LogP contribution in [0.15, 0.2) is 34.8 Å². The van der Waals surface area contributed by atoms with Gasteiger partial charge in [-0.1, -0.05) is 28.1 Å². The van der Waals surface area contributed by atoms with Crippen LogP contribution in [-0.4, -0.2) is 8.75 Å². The van der Waals surface area contributed by atoms with E-state index in [-0.39, 0.29) is 0 Å². The lowest BCUT2D eigenvalue weighted by molar-refractivity contribution is 1.26. The van der Waals surface area contributed by atoms with Crippen LogP contribution < -0.4 is 0 Å². The summed E-state index contributed by atoms with van der Waals surface area (Å²) in [5, 5.41) is 0. The van der Waals surface area contributed by atoms with Gasteiger partial charge >= 0.3 is 0 Å². The van der Waals surface area contributed by atoms with Crippen LogP contribution in [-0.2, 0) is 6.42 Å². The van der Waals surface area contributed by atoms with Crippen molar-refractivity contribution in [1.82, 2.24) is 8.75 Å². The SMILES string of the molecule is Brc1ccc2c(c1)Cc1ccc3nsnc3c1-2. The molecule has 1 aliphatic carbocycles. The number of fused-ring (bicyclic) bond motifs is 5. The molecule has 1 aromatic heterocycles. The summed E-state index contributed by atoms with van der Waals surface area (Å²) in [6.45, 7) is 0. The number of nitrogens with zero attached hydrogens (tertiary/aromatic N) is 2. The van der Waals surface area contributed by atoms with Gasteiger partial charge in [0, 0.05) is 10.0 Å². The van der Waals surface area contributed by atoms with E-state index in [9.17, 15) is 0 Å². The van der Waals surface area contributed by atoms with Gasteiger partial charge < -0.3 is 0 Å². The Hall–Kier alpha value is -1.26. The molecule has 3 aromatic rings. The topological polar surface area (TPSA) is 25.8 Å². The second-order valence-electron chi connectivity index (χ2n) is 4.21. The molecule has 0 saturated heterocycles. The lowest BCUT2D eigenvalue weighted by Crippen LogP contribution is -1.81. The molecule has 0 N–H and O–H groups in total. The molecule has 0 radical (unpaired) electrons. The largest absolute Gasteiger partial charge is 0.173 e. The predicted octanol–water partition coefficient (Wildman–Crippen LogP) is 4.03. The highest BCUT2D eigenvalue weighted by Gasteiger charge is 2.22. The van der Waals surface area contributed by atoms with Crippen LogP contribution in [0.1, 0.15) is 11.1 Å². The van der Waals surface area contributed by atoms with Crippen LogP contribution >= 0.6 is 27.7 Å². The third kappa shape index (κ3) is 1.31. The van der Waals surface area contributed by atoms with Crippen molar-refractivity contribution < 1.29 is 0 Å². The molecular weight excluding hydrogens is 296 g/mol. The average Bonchev–Trinajstić information content (AvgIpc) is 2.89. The number of hydrogen-bond acceptors (Lipinski definition) is 3. The monoisotopic (exact) mass is 302 g/mol. The van der Waals surface area contributed by atoms with Gasteiger partial charge in [0.05, 0.1) is 11.7 Å². The van der Waals surface area contributed by atoms with Gasteiger partial charge in [-0.2, -0.15) is 8.75 Å². The maximum atomic E-state index is 4.43. The maximum absolute atomic E-state index is 4.43. The summed E-state index contributed by atoms with van der Waals surface area (Å²) in [6.07, 6.45) is 0.998. The molecule has 2 nitrogen and oxygen atoms in total. The zero-order chi connectivity index (χ0) is 11.4. The lowest BCUT2D eigenvalue weighted by Gasteiger charge is -2.01. The Balaban J connectivity index is 2.13. The van der Waals surface area contributed by atoms with Gasteiger partial charge in [-0.15, -0.1) is 0 Å². The highest BCUT2D eigenvalue weighted by molar-refractivity contribution is 9.10. The van der Waals surface area contributed by atoms with Gasteiger partial charge in [0.15, 0.2) is 0 Å². The van der Waals surface area contributed by atoms with Crippen LogP contribution in [0.25, 0.3) is 22.2 Å². The van der Waals surface area contributed by atoms with Crippen molar-refractivity contribution in [2.24, 2.45) is 0 Å². The summed E-state index contributed by atoms with van der Waals surface area (Å²) >= 11 is 4.81. The van der Waals surface area contributed by atoms with E-state index in [0.717, 1.165) is 21.9 Å². The summed E-state index contributed by atoms with van der Waals surface area (Å²) in [7, 11) is 0. The molecular formula is C13H7BrN2S. The van der Waals surface area contributed by atoms with Crippen LogP contribution in [0.2, 0.25) is 0 Å². The van der Waals surface area contributed by atoms with E-state index >= 15 is 0 Å². The molecule has 0 spiro atoms. The van der Waals surface area contributed by atoms with E-state index < -0.39 is 0 Å². The van der Waals surface area contributed by atoms with E-state index in [1.54, 1.807) is 0 Å². The second-order valence-corrected chi connectivity index (χ2v) is 5.65. The number of halogens is 1. The third-order valence-electron chi connectivity index (χ3n) is 3.23. The van der Waals surface area contributed by atoms with E-state index in [1.807, 2.05) is 0 Å². The van der Waals surface area contributed by atoms with E-state index in [2.05, 4.69) is 55.0 Å². The van der Waals surface area contributed by atoms with Crippen LogP contribution in [0.4, 0.5) is 0 Å². The summed E-state index contributed by atoms with van der Waals surface area (Å²) in [5.41, 5.74) is 7.37. The Morgan fingerprint density at radius 2 is 2.00 bits per heavy atom. The molecule has 1 aliphatic rings. The van der Waals surface area contributed by atoms with E-state index in [1.165, 1.54) is 34.0 Å². The maximum Gasteiger partial charge on any atom is 0.112 e. The zero-order valence-corrected chi connectivity index (χ0v) is 11.2. The first-order valence-electron chi connectivity index (χ1n) is 5.36. The average molecular weight is 303 g/mol. The Kier molecular flexibility index (Phi) is 1.93. The first-order valence-corrected chi connectivity index (χ1v) is 6.88. The summed E-state index contributed by atoms with van der Waals surface area (Å²) < 4.78 is 9.87. The highest BCUT2D eigenvalue weighted by atomic mass is 79.9. The fourth-order valence-electron chi connectivity index (χ4n) is 2.50. The Labute approximate surface area is 111 Å². The quantitative estimate of drug-likeness (QED) is 0.490. The molecule has 4 rings (SSSR count). The van der Waals surface area contributed by atoms with Gasteiger partial charge in [-0.3, -0.25) is 0 Å². The van der Waals surface area contributed by atoms with Gasteiger partial charge in [0.1, 0.15) is 11.0 Å². The molecule has 0 amide bonds. The Morgan fingerprint density at radius 1 is 1.06 bits per heavy atom. The molecule has 0 unspecified atom stereocenters. The van der Waals surface area contributed by atoms with Gasteiger partial charge in [-0.05, 0) is 41.3 Å². The molecule has 2 aromatic carbocycles. The van der Waals surface area contributed by atoms with Crippen LogP contribution in [0, 0.1) is 0 Å². The first-order chi connectivity index (χ1) is 8.33. The first kappa shape index (κ1) is 9.74. The molecule has 0 bridgehead atoms. The van der Waals surface area contributed by atoms with E-state index in [0.29, 0.717) is 0 Å². The van der Waals surface area contributed by atoms with Crippen molar-refractivity contribution in [3.8, 4) is 11.1 Å². The minimum atomic E-state index is 0.998. The summed E-state index contributed by atoms with van der Waals surface area (Å²) in [5.74, 6) is 0. The van der Waals surface area contributed by atoms with Crippen molar-refractivity contribution in [3.63, 3.8) is 0 Å². The molecule has 17 heavy (non-hydrogen) atoms. The predicted molar refractivity (Wildman–Crippen MR) is 73.4 cm³/mol. The standard InChI is InChI=1S/C13H7BrN2S/c14-9-2-3-10-8(6-9)5-7-1-4-11-13(12(7)10)16-17-15-11/h1-4,6H,5H2. The van der Waals surface area contributed by atoms with Crippen LogP contribution in [0.3, 0.4) is 0 Å². The van der Waals surface area contributed by atoms with Crippen molar-refractivity contribution in [3.05, 3.63) is 45.9 Å². The molecule has 4 heteroatoms. The highest BCUT2D eigenvalue weighted by Crippen LogP contribution is 2.41. The van der Waals surface area contributed by atoms with E-state index in [4.69, 9.17) is 0 Å². The number of rotatable bonds is 0. The third-order valence-corrected chi connectivity index (χ3v) is 4.27. The minimum absolute atomic E-state index is 0.998. The zero-order valence-electron chi connectivity index (χ0n) is 8.77. The second kappa shape index (κ2) is 3.37. The number of hydrogen-bond donors (Lipinski definition) is 0. The molecule has 0 aliphatic heterocycles. The summed E-state index contributed by atoms with van der Waals surface area (Å²) in [6, 6.07) is 10.7. The fourth-order valence-corrected chi connectivity index (χ4v) is 3.45. The van der Waals surface area contributed by atoms with Gasteiger partial charge in [0.25, 0.3) is 0 Å². The van der Waals surface area contributed by atoms with Crippen molar-refractivity contribution in [2.75, 3.05) is 0 Å². The molecule has 0 atom stereocenters. The molecule has 82 valence electrons. The summed E-state index contributed by atoms with van der Waals surface area (Å²) in [4.78, 5) is 0. The normalized spacial score (nSPS) is 12.8. The fraction of sp³-hybridized carbons (Fsp3) is 0.0769. The molecule has 0 fully saturated rings. The van der Waals surface area contributed by atoms with Gasteiger partial charge in [0.2, 0.25) is 0 Å². The Bertz CT molecular complexity index is 748. The van der Waals surface area contributed by atoms with Gasteiger partial charge in [-0.25, -0.2) is 0 Å². The van der Waals surface area contributed by atoms with Crippen LogP contribution in [0.5, 0.6) is 0 Å². The molecule has 1 heterocycles. The molecule has 0 saturated carbocycles. The van der Waals surface area contributed by atoms with Crippen molar-refractivity contribution in [2.45, 2.75) is 6.42 Å².